The maximum Gasteiger partial charge on any atom is 0.325 e. The van der Waals surface area contributed by atoms with Gasteiger partial charge in [0.1, 0.15) is 6.54 Å². The third-order valence-corrected chi connectivity index (χ3v) is 1.83. The molecule has 0 unspecified atom stereocenters. The third-order valence-electron chi connectivity index (χ3n) is 1.83. The van der Waals surface area contributed by atoms with Crippen molar-refractivity contribution >= 4 is 23.9 Å². The number of rotatable bonds is 6. The van der Waals surface area contributed by atoms with Crippen LogP contribution in [-0.4, -0.2) is 54.1 Å². The zero-order chi connectivity index (χ0) is 14.1. The third kappa shape index (κ3) is 7.20. The number of amides is 3. The lowest BCUT2D eigenvalue weighted by molar-refractivity contribution is -0.143. The first-order valence-corrected chi connectivity index (χ1v) is 5.29. The van der Waals surface area contributed by atoms with E-state index in [0.717, 1.165) is 4.90 Å². The molecular formula is C10H16N2O6. The van der Waals surface area contributed by atoms with E-state index in [4.69, 9.17) is 5.11 Å². The number of carbonyl (C=O) groups excluding carboxylic acids is 3. The van der Waals surface area contributed by atoms with Gasteiger partial charge in [-0.15, -0.1) is 0 Å². The minimum Gasteiger partial charge on any atom is -0.481 e. The number of imide groups is 1. The van der Waals surface area contributed by atoms with Crippen LogP contribution in [0.15, 0.2) is 0 Å². The summed E-state index contributed by atoms with van der Waals surface area (Å²) < 4.78 is 4.62. The highest BCUT2D eigenvalue weighted by atomic mass is 16.5. The van der Waals surface area contributed by atoms with Crippen molar-refractivity contribution in [3.63, 3.8) is 0 Å². The average Bonchev–Trinajstić information content (AvgIpc) is 2.26. The number of ether oxygens (including phenoxy) is 1. The fourth-order valence-corrected chi connectivity index (χ4v) is 0.970. The molecule has 0 heterocycles. The maximum atomic E-state index is 11.4. The Labute approximate surface area is 104 Å². The van der Waals surface area contributed by atoms with Gasteiger partial charge >= 0.3 is 18.0 Å². The van der Waals surface area contributed by atoms with Gasteiger partial charge in [0.25, 0.3) is 0 Å². The Morgan fingerprint density at radius 3 is 2.33 bits per heavy atom. The van der Waals surface area contributed by atoms with E-state index in [1.807, 2.05) is 5.32 Å². The largest absolute Gasteiger partial charge is 0.481 e. The highest BCUT2D eigenvalue weighted by Crippen LogP contribution is 1.92. The first-order chi connectivity index (χ1) is 8.36. The molecule has 0 atom stereocenters. The van der Waals surface area contributed by atoms with Crippen LogP contribution in [0.2, 0.25) is 0 Å². The van der Waals surface area contributed by atoms with Crippen molar-refractivity contribution in [1.29, 1.82) is 0 Å². The van der Waals surface area contributed by atoms with E-state index >= 15 is 0 Å². The van der Waals surface area contributed by atoms with Crippen LogP contribution in [0.25, 0.3) is 0 Å². The van der Waals surface area contributed by atoms with Crippen molar-refractivity contribution in [2.45, 2.75) is 19.8 Å². The van der Waals surface area contributed by atoms with E-state index < -0.39 is 23.9 Å². The number of hydrogen-bond acceptors (Lipinski definition) is 5. The van der Waals surface area contributed by atoms with Crippen molar-refractivity contribution in [3.8, 4) is 0 Å². The van der Waals surface area contributed by atoms with Crippen LogP contribution in [0.5, 0.6) is 0 Å². The summed E-state index contributed by atoms with van der Waals surface area (Å²) in [5, 5.41) is 10.3. The van der Waals surface area contributed by atoms with Crippen LogP contribution in [-0.2, 0) is 19.1 Å². The quantitative estimate of drug-likeness (QED) is 0.627. The lowest BCUT2D eigenvalue weighted by atomic mass is 10.3. The number of urea groups is 1. The zero-order valence-corrected chi connectivity index (χ0v) is 10.3. The molecule has 0 saturated carbocycles. The normalized spacial score (nSPS) is 9.44. The number of aliphatic carboxylic acids is 1. The molecule has 0 aliphatic heterocycles. The van der Waals surface area contributed by atoms with Gasteiger partial charge in [0.05, 0.1) is 13.0 Å². The predicted octanol–water partition coefficient (Wildman–Crippen LogP) is -0.418. The molecule has 0 aromatic carbocycles. The standard InChI is InChI=1S/C10H16N2O6/c1-3-18-9(16)6-12(2)10(17)11-7(13)4-5-8(14)15/h3-6H2,1-2H3,(H,14,15)(H,11,13,17). The van der Waals surface area contributed by atoms with Crippen molar-refractivity contribution in [1.82, 2.24) is 10.2 Å². The molecule has 3 amide bonds. The molecule has 0 fully saturated rings. The van der Waals surface area contributed by atoms with Gasteiger partial charge < -0.3 is 14.7 Å². The molecule has 0 saturated heterocycles. The molecule has 8 nitrogen and oxygen atoms in total. The van der Waals surface area contributed by atoms with E-state index in [0.29, 0.717) is 0 Å². The molecule has 18 heavy (non-hydrogen) atoms. The van der Waals surface area contributed by atoms with Gasteiger partial charge in [0.2, 0.25) is 5.91 Å². The molecule has 0 aliphatic carbocycles. The molecule has 0 bridgehead atoms. The molecule has 102 valence electrons. The van der Waals surface area contributed by atoms with Crippen LogP contribution >= 0.6 is 0 Å². The van der Waals surface area contributed by atoms with E-state index in [9.17, 15) is 19.2 Å². The molecule has 0 rings (SSSR count). The van der Waals surface area contributed by atoms with Gasteiger partial charge in [-0.25, -0.2) is 4.79 Å². The number of likely N-dealkylation sites (N-methyl/N-ethyl adjacent to an activating group) is 1. The van der Waals surface area contributed by atoms with Crippen molar-refractivity contribution in [2.24, 2.45) is 0 Å². The zero-order valence-electron chi connectivity index (χ0n) is 10.3. The summed E-state index contributed by atoms with van der Waals surface area (Å²) in [7, 11) is 1.32. The maximum absolute atomic E-state index is 11.4. The first-order valence-electron chi connectivity index (χ1n) is 5.29. The van der Waals surface area contributed by atoms with Crippen molar-refractivity contribution in [3.05, 3.63) is 0 Å². The minimum atomic E-state index is -1.13. The number of carboxylic acid groups (broad SMARTS) is 1. The van der Waals surface area contributed by atoms with Gasteiger partial charge in [0.15, 0.2) is 0 Å². The van der Waals surface area contributed by atoms with E-state index in [1.165, 1.54) is 7.05 Å². The summed E-state index contributed by atoms with van der Waals surface area (Å²) in [5.41, 5.74) is 0. The van der Waals surface area contributed by atoms with Crippen LogP contribution in [0.4, 0.5) is 4.79 Å². The molecule has 0 aromatic heterocycles. The minimum absolute atomic E-state index is 0.200. The fraction of sp³-hybridized carbons (Fsp3) is 0.600. The molecular weight excluding hydrogens is 244 g/mol. The van der Waals surface area contributed by atoms with Crippen molar-refractivity contribution in [2.75, 3.05) is 20.2 Å². The number of esters is 1. The lowest BCUT2D eigenvalue weighted by Crippen LogP contribution is -2.43. The summed E-state index contributed by atoms with van der Waals surface area (Å²) >= 11 is 0. The topological polar surface area (TPSA) is 113 Å². The van der Waals surface area contributed by atoms with Crippen LogP contribution in [0.3, 0.4) is 0 Å². The first kappa shape index (κ1) is 15.9. The van der Waals surface area contributed by atoms with Gasteiger partial charge in [-0.05, 0) is 6.92 Å². The summed E-state index contributed by atoms with van der Waals surface area (Å²) in [4.78, 5) is 44.7. The lowest BCUT2D eigenvalue weighted by Gasteiger charge is -2.15. The van der Waals surface area contributed by atoms with Crippen LogP contribution in [0.1, 0.15) is 19.8 Å². The second kappa shape index (κ2) is 8.04. The average molecular weight is 260 g/mol. The highest BCUT2D eigenvalue weighted by Gasteiger charge is 2.16. The molecule has 0 aromatic rings. The Morgan fingerprint density at radius 1 is 1.22 bits per heavy atom. The number of hydrogen-bond donors (Lipinski definition) is 2. The summed E-state index contributed by atoms with van der Waals surface area (Å²) in [5.74, 6) is -2.43. The molecule has 0 radical (unpaired) electrons. The fourth-order valence-electron chi connectivity index (χ4n) is 0.970. The molecule has 8 heteroatoms. The smallest absolute Gasteiger partial charge is 0.325 e. The van der Waals surface area contributed by atoms with Gasteiger partial charge in [-0.2, -0.15) is 0 Å². The molecule has 2 N–H and O–H groups in total. The Hall–Kier alpha value is -2.12. The Bertz CT molecular complexity index is 341. The summed E-state index contributed by atoms with van der Waals surface area (Å²) in [6, 6.07) is -0.779. The number of nitrogens with one attached hydrogen (secondary N) is 1. The molecule has 0 spiro atoms. The number of carboxylic acids is 1. The van der Waals surface area contributed by atoms with Gasteiger partial charge in [-0.3, -0.25) is 19.7 Å². The van der Waals surface area contributed by atoms with Gasteiger partial charge in [0, 0.05) is 13.5 Å². The molecule has 0 aliphatic rings. The number of carbonyl (C=O) groups is 4. The van der Waals surface area contributed by atoms with Crippen LogP contribution in [0, 0.1) is 0 Å². The van der Waals surface area contributed by atoms with Crippen LogP contribution < -0.4 is 5.32 Å². The monoisotopic (exact) mass is 260 g/mol. The summed E-state index contributed by atoms with van der Waals surface area (Å²) in [6.45, 7) is 1.55. The van der Waals surface area contributed by atoms with E-state index in [2.05, 4.69) is 4.74 Å². The second-order valence-corrected chi connectivity index (χ2v) is 3.41. The Morgan fingerprint density at radius 2 is 1.83 bits per heavy atom. The number of nitrogens with zero attached hydrogens (tertiary/aromatic N) is 1. The summed E-state index contributed by atoms with van der Waals surface area (Å²) in [6.07, 6.45) is -0.658. The van der Waals surface area contributed by atoms with Gasteiger partial charge in [-0.1, -0.05) is 0 Å². The second-order valence-electron chi connectivity index (χ2n) is 3.41. The predicted molar refractivity (Wildman–Crippen MR) is 59.7 cm³/mol. The van der Waals surface area contributed by atoms with Crippen molar-refractivity contribution < 1.29 is 29.0 Å². The van der Waals surface area contributed by atoms with E-state index in [1.54, 1.807) is 6.92 Å². The Balaban J connectivity index is 4.03. The van der Waals surface area contributed by atoms with E-state index in [-0.39, 0.29) is 26.0 Å². The SMILES string of the molecule is CCOC(=O)CN(C)C(=O)NC(=O)CCC(=O)O. The Kier molecular flexibility index (Phi) is 7.10. The highest BCUT2D eigenvalue weighted by molar-refractivity contribution is 5.96.